The maximum absolute atomic E-state index is 13.6. The number of aliphatic hydroxyl groups is 1. The van der Waals surface area contributed by atoms with Gasteiger partial charge >= 0.3 is 0 Å². The molecule has 27 heavy (non-hydrogen) atoms. The Labute approximate surface area is 163 Å². The number of hydrogen-bond acceptors (Lipinski definition) is 4. The Morgan fingerprint density at radius 1 is 0.963 bits per heavy atom. The van der Waals surface area contributed by atoms with Crippen molar-refractivity contribution in [3.63, 3.8) is 0 Å². The molecule has 5 rings (SSSR count). The first-order valence-corrected chi connectivity index (χ1v) is 11.3. The van der Waals surface area contributed by atoms with Crippen molar-refractivity contribution in [1.29, 1.82) is 0 Å². The molecule has 1 N–H and O–H groups in total. The van der Waals surface area contributed by atoms with Gasteiger partial charge in [-0.1, -0.05) is 13.8 Å². The summed E-state index contributed by atoms with van der Waals surface area (Å²) in [5.41, 5.74) is 0.109. The van der Waals surface area contributed by atoms with E-state index in [-0.39, 0.29) is 22.9 Å². The van der Waals surface area contributed by atoms with E-state index in [0.717, 1.165) is 32.1 Å². The summed E-state index contributed by atoms with van der Waals surface area (Å²) in [7, 11) is 0. The molecule has 4 nitrogen and oxygen atoms in total. The number of carbonyl (C=O) groups is 1. The lowest BCUT2D eigenvalue weighted by atomic mass is 9.44. The number of rotatable bonds is 1. The number of carbonyl (C=O) groups excluding carboxylic acids is 1. The minimum absolute atomic E-state index is 0.00865. The number of Topliss-reactive ketones (excluding diaryl/α,β-unsaturated/α-hetero) is 1. The van der Waals surface area contributed by atoms with Crippen molar-refractivity contribution in [1.82, 2.24) is 0 Å². The molecule has 5 aliphatic rings. The average Bonchev–Trinajstić information content (AvgIpc) is 3.19. The molecule has 1 aliphatic heterocycles. The van der Waals surface area contributed by atoms with Gasteiger partial charge in [0.15, 0.2) is 5.79 Å². The molecule has 1 heterocycles. The summed E-state index contributed by atoms with van der Waals surface area (Å²) in [5, 5.41) is 10.2. The van der Waals surface area contributed by atoms with Gasteiger partial charge in [-0.15, -0.1) is 0 Å². The van der Waals surface area contributed by atoms with E-state index in [4.69, 9.17) is 9.47 Å². The first-order valence-electron chi connectivity index (χ1n) is 11.3. The summed E-state index contributed by atoms with van der Waals surface area (Å²) in [6, 6.07) is 0. The Morgan fingerprint density at radius 2 is 1.70 bits per heavy atom. The quantitative estimate of drug-likeness (QED) is 0.753. The van der Waals surface area contributed by atoms with Crippen LogP contribution >= 0.6 is 0 Å². The van der Waals surface area contributed by atoms with Crippen LogP contribution in [-0.4, -0.2) is 36.0 Å². The van der Waals surface area contributed by atoms with Gasteiger partial charge in [-0.2, -0.15) is 0 Å². The molecule has 4 saturated carbocycles. The molecule has 0 radical (unpaired) electrons. The molecule has 0 aromatic rings. The van der Waals surface area contributed by atoms with Gasteiger partial charge in [0.1, 0.15) is 5.78 Å². The van der Waals surface area contributed by atoms with Gasteiger partial charge in [0.05, 0.1) is 19.3 Å². The van der Waals surface area contributed by atoms with E-state index in [0.29, 0.717) is 49.1 Å². The molecule has 8 atom stereocenters. The van der Waals surface area contributed by atoms with Crippen LogP contribution in [0.25, 0.3) is 0 Å². The molecular weight excluding hydrogens is 340 g/mol. The van der Waals surface area contributed by atoms with Crippen LogP contribution in [0, 0.1) is 40.4 Å². The lowest BCUT2D eigenvalue weighted by molar-refractivity contribution is -0.216. The fourth-order valence-electron chi connectivity index (χ4n) is 8.64. The highest BCUT2D eigenvalue weighted by Crippen LogP contribution is 2.68. The van der Waals surface area contributed by atoms with E-state index in [1.54, 1.807) is 0 Å². The highest BCUT2D eigenvalue weighted by Gasteiger charge is 2.66. The maximum Gasteiger partial charge on any atom is 0.169 e. The predicted octanol–water partition coefficient (Wildman–Crippen LogP) is 3.95. The van der Waals surface area contributed by atoms with Crippen molar-refractivity contribution in [3.05, 3.63) is 0 Å². The van der Waals surface area contributed by atoms with E-state index in [9.17, 15) is 9.90 Å². The fraction of sp³-hybridized carbons (Fsp3) is 0.957. The summed E-state index contributed by atoms with van der Waals surface area (Å²) < 4.78 is 12.1. The first-order chi connectivity index (χ1) is 12.8. The number of ether oxygens (including phenoxy) is 2. The lowest BCUT2D eigenvalue weighted by Crippen LogP contribution is -2.59. The van der Waals surface area contributed by atoms with E-state index < -0.39 is 5.79 Å². The van der Waals surface area contributed by atoms with Crippen LogP contribution < -0.4 is 0 Å². The van der Waals surface area contributed by atoms with Crippen LogP contribution in [-0.2, 0) is 14.3 Å². The number of ketones is 1. The molecule has 4 aliphatic carbocycles. The Balaban J connectivity index is 1.47. The Bertz CT molecular complexity index is 626. The van der Waals surface area contributed by atoms with E-state index >= 15 is 0 Å². The summed E-state index contributed by atoms with van der Waals surface area (Å²) in [6.45, 7) is 8.19. The molecule has 0 spiro atoms. The second-order valence-corrected chi connectivity index (χ2v) is 10.9. The Hall–Kier alpha value is -0.450. The van der Waals surface area contributed by atoms with Crippen molar-refractivity contribution in [2.45, 2.75) is 84.0 Å². The van der Waals surface area contributed by atoms with Crippen molar-refractivity contribution in [2.24, 2.45) is 40.4 Å². The largest absolute Gasteiger partial charge is 0.393 e. The normalized spacial score (nSPS) is 54.3. The molecule has 1 saturated heterocycles. The molecule has 0 bridgehead atoms. The molecular formula is C23H36O4. The monoisotopic (exact) mass is 376 g/mol. The molecule has 4 heteroatoms. The van der Waals surface area contributed by atoms with Crippen LogP contribution in [0.1, 0.15) is 72.1 Å². The molecule has 5 fully saturated rings. The standard InChI is InChI=1S/C23H36O4/c1-21-9-8-15(24)12-14(21)4-5-16-17-6-7-19(23(3)26-10-11-27-23)22(17,2)13-18(25)20(16)21/h14-17,19-20,24H,4-13H2,1-3H3/t14?,15-,16?,17?,19?,20?,21?,22?/m1/s1. The van der Waals surface area contributed by atoms with Crippen molar-refractivity contribution in [3.8, 4) is 0 Å². The number of fused-ring (bicyclic) bond motifs is 5. The summed E-state index contributed by atoms with van der Waals surface area (Å²) in [6.07, 6.45) is 7.99. The number of hydrogen-bond donors (Lipinski definition) is 1. The van der Waals surface area contributed by atoms with E-state index in [1.807, 2.05) is 0 Å². The smallest absolute Gasteiger partial charge is 0.169 e. The van der Waals surface area contributed by atoms with Gasteiger partial charge in [0, 0.05) is 18.3 Å². The summed E-state index contributed by atoms with van der Waals surface area (Å²) >= 11 is 0. The van der Waals surface area contributed by atoms with Crippen molar-refractivity contribution < 1.29 is 19.4 Å². The van der Waals surface area contributed by atoms with Crippen molar-refractivity contribution in [2.75, 3.05) is 13.2 Å². The Morgan fingerprint density at radius 3 is 2.44 bits per heavy atom. The van der Waals surface area contributed by atoms with Gasteiger partial charge in [-0.3, -0.25) is 4.79 Å². The Kier molecular flexibility index (Phi) is 4.14. The van der Waals surface area contributed by atoms with E-state index in [1.165, 1.54) is 12.8 Å². The average molecular weight is 377 g/mol. The third-order valence-corrected chi connectivity index (χ3v) is 9.81. The summed E-state index contributed by atoms with van der Waals surface area (Å²) in [5.74, 6) is 2.16. The van der Waals surface area contributed by atoms with Gasteiger partial charge in [0.25, 0.3) is 0 Å². The van der Waals surface area contributed by atoms with Crippen LogP contribution in [0.3, 0.4) is 0 Å². The van der Waals surface area contributed by atoms with Crippen LogP contribution in [0.2, 0.25) is 0 Å². The van der Waals surface area contributed by atoms with Crippen LogP contribution in [0.5, 0.6) is 0 Å². The zero-order chi connectivity index (χ0) is 19.0. The molecule has 0 aromatic heterocycles. The summed E-state index contributed by atoms with van der Waals surface area (Å²) in [4.78, 5) is 13.6. The van der Waals surface area contributed by atoms with Crippen LogP contribution in [0.15, 0.2) is 0 Å². The molecule has 7 unspecified atom stereocenters. The lowest BCUT2D eigenvalue weighted by Gasteiger charge is -2.60. The predicted molar refractivity (Wildman–Crippen MR) is 102 cm³/mol. The van der Waals surface area contributed by atoms with Gasteiger partial charge in [0.2, 0.25) is 0 Å². The zero-order valence-corrected chi connectivity index (χ0v) is 17.2. The minimum atomic E-state index is -0.507. The highest BCUT2D eigenvalue weighted by molar-refractivity contribution is 5.84. The topological polar surface area (TPSA) is 55.8 Å². The maximum atomic E-state index is 13.6. The minimum Gasteiger partial charge on any atom is -0.393 e. The third-order valence-electron chi connectivity index (χ3n) is 9.81. The van der Waals surface area contributed by atoms with Gasteiger partial charge in [-0.05, 0) is 80.5 Å². The molecule has 152 valence electrons. The van der Waals surface area contributed by atoms with Crippen LogP contribution in [0.4, 0.5) is 0 Å². The molecule has 0 amide bonds. The third kappa shape index (κ3) is 2.48. The second kappa shape index (κ2) is 6.03. The SMILES string of the molecule is CC1(C2CCC3C4CCC5C[C@H](O)CCC5(C)C4C(=O)CC32C)OCCO1. The zero-order valence-electron chi connectivity index (χ0n) is 17.2. The van der Waals surface area contributed by atoms with Gasteiger partial charge < -0.3 is 14.6 Å². The van der Waals surface area contributed by atoms with Gasteiger partial charge in [-0.25, -0.2) is 0 Å². The molecule has 0 aromatic carbocycles. The highest BCUT2D eigenvalue weighted by atomic mass is 16.7. The first kappa shape index (κ1) is 18.6. The van der Waals surface area contributed by atoms with Crippen molar-refractivity contribution >= 4 is 5.78 Å². The second-order valence-electron chi connectivity index (χ2n) is 10.9. The fourth-order valence-corrected chi connectivity index (χ4v) is 8.64. The number of aliphatic hydroxyl groups excluding tert-OH is 1. The van der Waals surface area contributed by atoms with E-state index in [2.05, 4.69) is 20.8 Å².